The number of nitrogens with two attached hydrogens (primary N) is 1. The molecule has 13 heavy (non-hydrogen) atoms. The number of fused-ring (bicyclic) bond motifs is 1. The van der Waals surface area contributed by atoms with E-state index in [2.05, 4.69) is 0 Å². The zero-order chi connectivity index (χ0) is 9.42. The molecule has 1 aliphatic heterocycles. The highest BCUT2D eigenvalue weighted by molar-refractivity contribution is 5.56. The summed E-state index contributed by atoms with van der Waals surface area (Å²) in [4.78, 5) is 1.92. The first-order valence-corrected chi connectivity index (χ1v) is 4.44. The van der Waals surface area contributed by atoms with Gasteiger partial charge in [-0.15, -0.1) is 0 Å². The largest absolute Gasteiger partial charge is 0.389 e. The molecular weight excluding hydrogens is 164 g/mol. The third kappa shape index (κ3) is 1.30. The SMILES string of the molecule is CN1c2ccccc2C[C@H](O)C1N. The van der Waals surface area contributed by atoms with E-state index >= 15 is 0 Å². The number of benzene rings is 1. The van der Waals surface area contributed by atoms with E-state index in [9.17, 15) is 5.11 Å². The summed E-state index contributed by atoms with van der Waals surface area (Å²) >= 11 is 0. The molecule has 0 spiro atoms. The van der Waals surface area contributed by atoms with E-state index in [-0.39, 0.29) is 6.17 Å². The number of aliphatic hydroxyl groups is 1. The predicted molar refractivity (Wildman–Crippen MR) is 52.5 cm³/mol. The summed E-state index contributed by atoms with van der Waals surface area (Å²) in [7, 11) is 1.91. The summed E-state index contributed by atoms with van der Waals surface area (Å²) in [5, 5.41) is 9.63. The standard InChI is InChI=1S/C10H14N2O/c1-12-8-5-3-2-4-7(8)6-9(13)10(12)11/h2-5,9-10,13H,6,11H2,1H3/t9-,10?/m0/s1. The van der Waals surface area contributed by atoms with Gasteiger partial charge in [0.05, 0.1) is 6.10 Å². The molecule has 0 fully saturated rings. The van der Waals surface area contributed by atoms with Gasteiger partial charge >= 0.3 is 0 Å². The highest BCUT2D eigenvalue weighted by Gasteiger charge is 2.27. The highest BCUT2D eigenvalue weighted by Crippen LogP contribution is 2.27. The van der Waals surface area contributed by atoms with E-state index in [1.54, 1.807) is 0 Å². The molecule has 3 nitrogen and oxygen atoms in total. The van der Waals surface area contributed by atoms with Crippen LogP contribution < -0.4 is 10.6 Å². The maximum atomic E-state index is 9.63. The van der Waals surface area contributed by atoms with Crippen molar-refractivity contribution < 1.29 is 5.11 Å². The average Bonchev–Trinajstić information content (AvgIpc) is 2.15. The second-order valence-corrected chi connectivity index (χ2v) is 3.50. The smallest absolute Gasteiger partial charge is 0.104 e. The number of nitrogens with zero attached hydrogens (tertiary/aromatic N) is 1. The van der Waals surface area contributed by atoms with E-state index in [0.717, 1.165) is 5.69 Å². The molecular formula is C10H14N2O. The maximum Gasteiger partial charge on any atom is 0.104 e. The van der Waals surface area contributed by atoms with Crippen molar-refractivity contribution in [2.24, 2.45) is 5.73 Å². The van der Waals surface area contributed by atoms with Crippen molar-refractivity contribution >= 4 is 5.69 Å². The summed E-state index contributed by atoms with van der Waals surface area (Å²) < 4.78 is 0. The zero-order valence-electron chi connectivity index (χ0n) is 7.64. The molecule has 2 atom stereocenters. The molecule has 0 radical (unpaired) electrons. The minimum absolute atomic E-state index is 0.283. The number of likely N-dealkylation sites (N-methyl/N-ethyl adjacent to an activating group) is 1. The Hall–Kier alpha value is -1.06. The van der Waals surface area contributed by atoms with E-state index in [4.69, 9.17) is 5.73 Å². The first-order valence-electron chi connectivity index (χ1n) is 4.44. The molecule has 1 aromatic carbocycles. The molecule has 1 heterocycles. The van der Waals surface area contributed by atoms with E-state index in [1.807, 2.05) is 36.2 Å². The van der Waals surface area contributed by atoms with Crippen LogP contribution in [0.2, 0.25) is 0 Å². The van der Waals surface area contributed by atoms with E-state index in [1.165, 1.54) is 5.56 Å². The van der Waals surface area contributed by atoms with Crippen molar-refractivity contribution in [1.82, 2.24) is 0 Å². The number of anilines is 1. The summed E-state index contributed by atoms with van der Waals surface area (Å²) in [5.41, 5.74) is 8.10. The lowest BCUT2D eigenvalue weighted by Crippen LogP contribution is -2.52. The lowest BCUT2D eigenvalue weighted by atomic mass is 9.98. The van der Waals surface area contributed by atoms with Crippen molar-refractivity contribution in [3.05, 3.63) is 29.8 Å². The van der Waals surface area contributed by atoms with Gasteiger partial charge in [0, 0.05) is 19.2 Å². The van der Waals surface area contributed by atoms with Crippen molar-refractivity contribution in [3.8, 4) is 0 Å². The molecule has 1 aromatic rings. The van der Waals surface area contributed by atoms with Crippen LogP contribution in [0.4, 0.5) is 5.69 Å². The van der Waals surface area contributed by atoms with E-state index in [0.29, 0.717) is 6.42 Å². The fourth-order valence-corrected chi connectivity index (χ4v) is 1.79. The summed E-state index contributed by atoms with van der Waals surface area (Å²) in [6, 6.07) is 8.03. The van der Waals surface area contributed by atoms with E-state index < -0.39 is 6.10 Å². The molecule has 0 aliphatic carbocycles. The minimum atomic E-state index is -0.458. The lowest BCUT2D eigenvalue weighted by Gasteiger charge is -2.36. The summed E-state index contributed by atoms with van der Waals surface area (Å²) in [6.45, 7) is 0. The third-order valence-electron chi connectivity index (χ3n) is 2.64. The number of hydrogen-bond donors (Lipinski definition) is 2. The first kappa shape index (κ1) is 8.53. The normalized spacial score (nSPS) is 27.2. The fourth-order valence-electron chi connectivity index (χ4n) is 1.79. The van der Waals surface area contributed by atoms with Gasteiger partial charge in [-0.1, -0.05) is 18.2 Å². The van der Waals surface area contributed by atoms with Crippen LogP contribution in [0.1, 0.15) is 5.56 Å². The Balaban J connectivity index is 2.43. The molecule has 2 rings (SSSR count). The van der Waals surface area contributed by atoms with Crippen LogP contribution in [0.15, 0.2) is 24.3 Å². The summed E-state index contributed by atoms with van der Waals surface area (Å²) in [5.74, 6) is 0. The van der Waals surface area contributed by atoms with Gasteiger partial charge in [-0.25, -0.2) is 0 Å². The predicted octanol–water partition coefficient (Wildman–Crippen LogP) is 0.325. The van der Waals surface area contributed by atoms with Gasteiger partial charge in [0.25, 0.3) is 0 Å². The number of para-hydroxylation sites is 1. The van der Waals surface area contributed by atoms with Crippen molar-refractivity contribution in [2.45, 2.75) is 18.7 Å². The van der Waals surface area contributed by atoms with Crippen molar-refractivity contribution in [3.63, 3.8) is 0 Å². The average molecular weight is 178 g/mol. The number of hydrogen-bond acceptors (Lipinski definition) is 3. The molecule has 3 heteroatoms. The maximum absolute atomic E-state index is 9.63. The summed E-state index contributed by atoms with van der Waals surface area (Å²) in [6.07, 6.45) is -0.0865. The van der Waals surface area contributed by atoms with Crippen molar-refractivity contribution in [1.29, 1.82) is 0 Å². The molecule has 3 N–H and O–H groups in total. The van der Waals surface area contributed by atoms with Gasteiger partial charge in [-0.05, 0) is 11.6 Å². The first-order chi connectivity index (χ1) is 6.20. The van der Waals surface area contributed by atoms with Gasteiger partial charge in [0.1, 0.15) is 6.17 Å². The lowest BCUT2D eigenvalue weighted by molar-refractivity contribution is 0.139. The van der Waals surface area contributed by atoms with Crippen molar-refractivity contribution in [2.75, 3.05) is 11.9 Å². The Morgan fingerprint density at radius 3 is 2.92 bits per heavy atom. The molecule has 1 unspecified atom stereocenters. The van der Waals surface area contributed by atoms with Crippen LogP contribution in [0.25, 0.3) is 0 Å². The van der Waals surface area contributed by atoms with Crippen LogP contribution in [-0.2, 0) is 6.42 Å². The van der Waals surface area contributed by atoms with Gasteiger partial charge in [0.2, 0.25) is 0 Å². The molecule has 1 aliphatic rings. The Morgan fingerprint density at radius 2 is 2.15 bits per heavy atom. The number of aliphatic hydroxyl groups excluding tert-OH is 1. The minimum Gasteiger partial charge on any atom is -0.389 e. The second kappa shape index (κ2) is 3.01. The van der Waals surface area contributed by atoms with Crippen LogP contribution in [-0.4, -0.2) is 24.4 Å². The van der Waals surface area contributed by atoms with Gasteiger partial charge in [0.15, 0.2) is 0 Å². The second-order valence-electron chi connectivity index (χ2n) is 3.50. The van der Waals surface area contributed by atoms with Crippen LogP contribution >= 0.6 is 0 Å². The quantitative estimate of drug-likeness (QED) is 0.601. The topological polar surface area (TPSA) is 49.5 Å². The molecule has 0 amide bonds. The molecule has 0 saturated heterocycles. The zero-order valence-corrected chi connectivity index (χ0v) is 7.64. The van der Waals surface area contributed by atoms with Crippen LogP contribution in [0.5, 0.6) is 0 Å². The Kier molecular flexibility index (Phi) is 1.98. The van der Waals surface area contributed by atoms with Gasteiger partial charge in [-0.2, -0.15) is 0 Å². The molecule has 0 bridgehead atoms. The monoisotopic (exact) mass is 178 g/mol. The Morgan fingerprint density at radius 1 is 1.46 bits per heavy atom. The Bertz CT molecular complexity index is 314. The third-order valence-corrected chi connectivity index (χ3v) is 2.64. The van der Waals surface area contributed by atoms with Gasteiger partial charge < -0.3 is 15.7 Å². The molecule has 0 saturated carbocycles. The van der Waals surface area contributed by atoms with Gasteiger partial charge in [-0.3, -0.25) is 0 Å². The van der Waals surface area contributed by atoms with Crippen LogP contribution in [0.3, 0.4) is 0 Å². The Labute approximate surface area is 77.8 Å². The number of rotatable bonds is 0. The fraction of sp³-hybridized carbons (Fsp3) is 0.400. The molecule has 70 valence electrons. The highest BCUT2D eigenvalue weighted by atomic mass is 16.3. The van der Waals surface area contributed by atoms with Crippen LogP contribution in [0, 0.1) is 0 Å². The molecule has 0 aromatic heterocycles.